The number of thioether (sulfide) groups is 1. The minimum Gasteiger partial charge on any atom is -0.353 e. The lowest BCUT2D eigenvalue weighted by molar-refractivity contribution is -0.118. The summed E-state index contributed by atoms with van der Waals surface area (Å²) in [4.78, 5) is 14.4. The zero-order chi connectivity index (χ0) is 19.9. The predicted molar refractivity (Wildman–Crippen MR) is 106 cm³/mol. The molecular weight excluding hydrogens is 379 g/mol. The predicted octanol–water partition coefficient (Wildman–Crippen LogP) is 2.31. The van der Waals surface area contributed by atoms with Crippen molar-refractivity contribution in [2.45, 2.75) is 11.2 Å². The molecule has 28 heavy (non-hydrogen) atoms. The summed E-state index contributed by atoms with van der Waals surface area (Å²) in [5, 5.41) is 14.8. The van der Waals surface area contributed by atoms with Crippen LogP contribution in [-0.4, -0.2) is 57.4 Å². The lowest BCUT2D eigenvalue weighted by atomic mass is 10.1. The molecule has 0 saturated carbocycles. The van der Waals surface area contributed by atoms with Crippen molar-refractivity contribution >= 4 is 17.7 Å². The molecule has 0 aliphatic rings. The Bertz CT molecular complexity index is 918. The summed E-state index contributed by atoms with van der Waals surface area (Å²) < 4.78 is 14.8. The molecule has 0 aliphatic carbocycles. The number of nitrogens with zero attached hydrogens (tertiary/aromatic N) is 5. The average molecular weight is 400 g/mol. The molecule has 9 heteroatoms. The number of hydrogen-bond acceptors (Lipinski definition) is 6. The fourth-order valence-corrected chi connectivity index (χ4v) is 3.42. The van der Waals surface area contributed by atoms with Gasteiger partial charge in [-0.25, -0.2) is 4.39 Å². The molecule has 0 fully saturated rings. The first kappa shape index (κ1) is 20.0. The second kappa shape index (κ2) is 9.43. The number of hydrogen-bond donors (Lipinski definition) is 1. The van der Waals surface area contributed by atoms with Crippen LogP contribution in [0.4, 0.5) is 4.39 Å². The lowest BCUT2D eigenvalue weighted by Crippen LogP contribution is -2.35. The van der Waals surface area contributed by atoms with Crippen LogP contribution >= 0.6 is 11.8 Å². The SMILES string of the molecule is CN(C)[C@H](CNC(=O)CSc1nnnn1-c1cccc(F)c1)c1ccccc1. The van der Waals surface area contributed by atoms with Gasteiger partial charge in [0.1, 0.15) is 5.82 Å². The molecule has 0 spiro atoms. The fraction of sp³-hybridized carbons (Fsp3) is 0.263. The number of carbonyl (C=O) groups is 1. The topological polar surface area (TPSA) is 75.9 Å². The summed E-state index contributed by atoms with van der Waals surface area (Å²) >= 11 is 1.20. The smallest absolute Gasteiger partial charge is 0.230 e. The highest BCUT2D eigenvalue weighted by Gasteiger charge is 2.16. The van der Waals surface area contributed by atoms with Crippen LogP contribution in [0.1, 0.15) is 11.6 Å². The largest absolute Gasteiger partial charge is 0.353 e. The summed E-state index contributed by atoms with van der Waals surface area (Å²) in [6.45, 7) is 0.491. The van der Waals surface area contributed by atoms with Crippen LogP contribution in [0.5, 0.6) is 0 Å². The van der Waals surface area contributed by atoms with Gasteiger partial charge in [0.25, 0.3) is 0 Å². The standard InChI is InChI=1S/C19H21FN6OS/c1-25(2)17(14-7-4-3-5-8-14)12-21-18(27)13-28-19-22-23-24-26(19)16-10-6-9-15(20)11-16/h3-11,17H,12-13H2,1-2H3,(H,21,27)/t17-/m1/s1. The van der Waals surface area contributed by atoms with Crippen LogP contribution in [0.25, 0.3) is 5.69 Å². The Hall–Kier alpha value is -2.78. The van der Waals surface area contributed by atoms with E-state index < -0.39 is 0 Å². The van der Waals surface area contributed by atoms with Gasteiger partial charge in [0.2, 0.25) is 11.1 Å². The molecule has 1 heterocycles. The van der Waals surface area contributed by atoms with Crippen LogP contribution in [0.15, 0.2) is 59.8 Å². The first-order valence-electron chi connectivity index (χ1n) is 8.70. The van der Waals surface area contributed by atoms with Gasteiger partial charge in [-0.2, -0.15) is 4.68 Å². The van der Waals surface area contributed by atoms with Crippen LogP contribution in [-0.2, 0) is 4.79 Å². The number of rotatable bonds is 8. The second-order valence-electron chi connectivity index (χ2n) is 6.34. The van der Waals surface area contributed by atoms with Crippen molar-refractivity contribution in [3.8, 4) is 5.69 Å². The van der Waals surface area contributed by atoms with Crippen molar-refractivity contribution in [1.82, 2.24) is 30.4 Å². The van der Waals surface area contributed by atoms with Crippen molar-refractivity contribution in [3.63, 3.8) is 0 Å². The second-order valence-corrected chi connectivity index (χ2v) is 7.28. The van der Waals surface area contributed by atoms with E-state index in [-0.39, 0.29) is 23.5 Å². The average Bonchev–Trinajstić information content (AvgIpc) is 3.16. The lowest BCUT2D eigenvalue weighted by Gasteiger charge is -2.25. The van der Waals surface area contributed by atoms with E-state index in [4.69, 9.17) is 0 Å². The Balaban J connectivity index is 1.57. The van der Waals surface area contributed by atoms with E-state index in [1.54, 1.807) is 12.1 Å². The van der Waals surface area contributed by atoms with Crippen molar-refractivity contribution in [3.05, 3.63) is 66.0 Å². The highest BCUT2D eigenvalue weighted by atomic mass is 32.2. The third kappa shape index (κ3) is 5.14. The van der Waals surface area contributed by atoms with Gasteiger partial charge in [-0.05, 0) is 48.3 Å². The molecule has 7 nitrogen and oxygen atoms in total. The Morgan fingerprint density at radius 1 is 1.21 bits per heavy atom. The minimum atomic E-state index is -0.377. The van der Waals surface area contributed by atoms with Gasteiger partial charge in [0.05, 0.1) is 17.5 Å². The quantitative estimate of drug-likeness (QED) is 0.585. The third-order valence-corrected chi connectivity index (χ3v) is 5.05. The number of amides is 1. The van der Waals surface area contributed by atoms with E-state index >= 15 is 0 Å². The summed E-state index contributed by atoms with van der Waals surface area (Å²) in [7, 11) is 3.96. The molecule has 3 aromatic rings. The highest BCUT2D eigenvalue weighted by Crippen LogP contribution is 2.19. The maximum atomic E-state index is 13.4. The molecule has 0 radical (unpaired) electrons. The van der Waals surface area contributed by atoms with E-state index in [9.17, 15) is 9.18 Å². The molecule has 0 aliphatic heterocycles. The zero-order valence-electron chi connectivity index (χ0n) is 15.6. The molecule has 0 unspecified atom stereocenters. The van der Waals surface area contributed by atoms with Crippen LogP contribution in [0.2, 0.25) is 0 Å². The maximum absolute atomic E-state index is 13.4. The van der Waals surface area contributed by atoms with Gasteiger partial charge in [0.15, 0.2) is 0 Å². The van der Waals surface area contributed by atoms with Gasteiger partial charge in [-0.1, -0.05) is 48.2 Å². The molecule has 3 rings (SSSR count). The summed E-state index contributed by atoms with van der Waals surface area (Å²) in [5.41, 5.74) is 1.64. The van der Waals surface area contributed by atoms with Crippen molar-refractivity contribution in [2.24, 2.45) is 0 Å². The molecule has 1 aromatic heterocycles. The normalized spacial score (nSPS) is 12.1. The summed E-state index contributed by atoms with van der Waals surface area (Å²) in [6.07, 6.45) is 0. The number of tetrazole rings is 1. The zero-order valence-corrected chi connectivity index (χ0v) is 16.4. The number of aromatic nitrogens is 4. The van der Waals surface area contributed by atoms with E-state index in [0.717, 1.165) is 5.56 Å². The maximum Gasteiger partial charge on any atom is 0.230 e. The van der Waals surface area contributed by atoms with E-state index in [2.05, 4.69) is 25.7 Å². The van der Waals surface area contributed by atoms with Crippen molar-refractivity contribution in [2.75, 3.05) is 26.4 Å². The Morgan fingerprint density at radius 3 is 2.71 bits per heavy atom. The fourth-order valence-electron chi connectivity index (χ4n) is 2.70. The number of likely N-dealkylation sites (N-methyl/N-ethyl adjacent to an activating group) is 1. The van der Waals surface area contributed by atoms with E-state index in [1.165, 1.54) is 28.6 Å². The van der Waals surface area contributed by atoms with Crippen LogP contribution in [0, 0.1) is 5.82 Å². The molecule has 0 bridgehead atoms. The number of benzene rings is 2. The minimum absolute atomic E-state index is 0.0766. The first-order valence-corrected chi connectivity index (χ1v) is 9.68. The van der Waals surface area contributed by atoms with Crippen molar-refractivity contribution in [1.29, 1.82) is 0 Å². The van der Waals surface area contributed by atoms with Gasteiger partial charge >= 0.3 is 0 Å². The van der Waals surface area contributed by atoms with Gasteiger partial charge in [-0.15, -0.1) is 5.10 Å². The Labute approximate surface area is 166 Å². The third-order valence-electron chi connectivity index (χ3n) is 4.13. The van der Waals surface area contributed by atoms with Gasteiger partial charge < -0.3 is 10.2 Å². The molecule has 1 atom stereocenters. The number of halogens is 1. The monoisotopic (exact) mass is 400 g/mol. The summed E-state index contributed by atoms with van der Waals surface area (Å²) in [6, 6.07) is 16.1. The number of nitrogens with one attached hydrogen (secondary N) is 1. The molecule has 1 amide bonds. The molecule has 2 aromatic carbocycles. The van der Waals surface area contributed by atoms with Gasteiger partial charge in [0, 0.05) is 6.54 Å². The molecule has 146 valence electrons. The van der Waals surface area contributed by atoms with Gasteiger partial charge in [-0.3, -0.25) is 4.79 Å². The number of carbonyl (C=O) groups excluding carboxylic acids is 1. The van der Waals surface area contributed by atoms with Crippen LogP contribution in [0.3, 0.4) is 0 Å². The molecule has 0 saturated heterocycles. The molecule has 1 N–H and O–H groups in total. The van der Waals surface area contributed by atoms with E-state index in [0.29, 0.717) is 17.4 Å². The van der Waals surface area contributed by atoms with Crippen LogP contribution < -0.4 is 5.32 Å². The summed E-state index contributed by atoms with van der Waals surface area (Å²) in [5.74, 6) is -0.344. The highest BCUT2D eigenvalue weighted by molar-refractivity contribution is 7.99. The first-order chi connectivity index (χ1) is 13.5. The Morgan fingerprint density at radius 2 is 2.00 bits per heavy atom. The van der Waals surface area contributed by atoms with Crippen molar-refractivity contribution < 1.29 is 9.18 Å². The molecular formula is C19H21FN6OS. The van der Waals surface area contributed by atoms with E-state index in [1.807, 2.05) is 44.4 Å². The Kier molecular flexibility index (Phi) is 6.72.